The van der Waals surface area contributed by atoms with Gasteiger partial charge in [0.1, 0.15) is 24.2 Å². The first-order valence-corrected chi connectivity index (χ1v) is 8.06. The molecule has 0 aliphatic heterocycles. The zero-order chi connectivity index (χ0) is 16.6. The van der Waals surface area contributed by atoms with Crippen LogP contribution in [0.5, 0.6) is 11.5 Å². The molecule has 1 aromatic heterocycles. The van der Waals surface area contributed by atoms with E-state index >= 15 is 0 Å². The van der Waals surface area contributed by atoms with Crippen molar-refractivity contribution >= 4 is 10.9 Å². The number of rotatable bonds is 5. The third-order valence-corrected chi connectivity index (χ3v) is 3.49. The number of benzene rings is 2. The summed E-state index contributed by atoms with van der Waals surface area (Å²) in [7, 11) is 0. The number of ether oxygens (including phenoxy) is 2. The van der Waals surface area contributed by atoms with Crippen molar-refractivity contribution in [1.82, 2.24) is 4.98 Å². The molecule has 0 unspecified atom stereocenters. The van der Waals surface area contributed by atoms with Crippen molar-refractivity contribution in [1.29, 1.82) is 0 Å². The van der Waals surface area contributed by atoms with Gasteiger partial charge in [0.05, 0.1) is 5.52 Å². The van der Waals surface area contributed by atoms with E-state index in [2.05, 4.69) is 23.9 Å². The topological polar surface area (TPSA) is 31.4 Å². The lowest BCUT2D eigenvalue weighted by molar-refractivity contribution is 0.306. The summed E-state index contributed by atoms with van der Waals surface area (Å²) < 4.78 is 11.3. The van der Waals surface area contributed by atoms with Gasteiger partial charge in [-0.1, -0.05) is 31.0 Å². The smallest absolute Gasteiger partial charge is 0.140 e. The maximum Gasteiger partial charge on any atom is 0.140 e. The summed E-state index contributed by atoms with van der Waals surface area (Å²) in [6, 6.07) is 17.6. The van der Waals surface area contributed by atoms with E-state index in [1.54, 1.807) is 6.20 Å². The summed E-state index contributed by atoms with van der Waals surface area (Å²) in [5.41, 5.74) is 2.00. The molecule has 0 bridgehead atoms. The first kappa shape index (κ1) is 15.9. The number of pyridine rings is 1. The highest BCUT2D eigenvalue weighted by Crippen LogP contribution is 2.21. The Balaban J connectivity index is 1.64. The molecule has 0 spiro atoms. The largest absolute Gasteiger partial charge is 0.489 e. The third kappa shape index (κ3) is 4.27. The normalized spacial score (nSPS) is 10.0. The van der Waals surface area contributed by atoms with Gasteiger partial charge in [0.15, 0.2) is 0 Å². The van der Waals surface area contributed by atoms with Gasteiger partial charge in [0, 0.05) is 18.0 Å². The molecule has 0 aliphatic rings. The Hall–Kier alpha value is -2.99. The van der Waals surface area contributed by atoms with Crippen LogP contribution in [0.4, 0.5) is 0 Å². The summed E-state index contributed by atoms with van der Waals surface area (Å²) in [6.07, 6.45) is 6.40. The summed E-state index contributed by atoms with van der Waals surface area (Å²) in [5, 5.41) is 1.07. The second-order valence-electron chi connectivity index (χ2n) is 5.42. The summed E-state index contributed by atoms with van der Waals surface area (Å²) in [6.45, 7) is 2.57. The predicted octanol–water partition coefficient (Wildman–Crippen LogP) is 4.95. The van der Waals surface area contributed by atoms with E-state index in [1.807, 2.05) is 54.6 Å². The molecule has 1 heterocycles. The van der Waals surface area contributed by atoms with Crippen LogP contribution in [0.3, 0.4) is 0 Å². The van der Waals surface area contributed by atoms with E-state index in [-0.39, 0.29) is 0 Å². The second kappa shape index (κ2) is 8.03. The van der Waals surface area contributed by atoms with Crippen LogP contribution in [0.15, 0.2) is 60.8 Å². The molecule has 0 amide bonds. The number of fused-ring (bicyclic) bond motifs is 1. The number of hydrogen-bond acceptors (Lipinski definition) is 3. The average Bonchev–Trinajstić information content (AvgIpc) is 2.64. The van der Waals surface area contributed by atoms with Crippen molar-refractivity contribution in [3.63, 3.8) is 0 Å². The van der Waals surface area contributed by atoms with Crippen molar-refractivity contribution in [3.8, 4) is 23.5 Å². The minimum absolute atomic E-state index is 0.478. The molecular weight excluding hydrogens is 298 g/mol. The molecule has 0 radical (unpaired) electrons. The minimum atomic E-state index is 0.478. The summed E-state index contributed by atoms with van der Waals surface area (Å²) in [5.74, 6) is 4.53. The molecule has 3 aromatic rings. The third-order valence-electron chi connectivity index (χ3n) is 3.49. The van der Waals surface area contributed by atoms with E-state index in [9.17, 15) is 0 Å². The van der Waals surface area contributed by atoms with Crippen LogP contribution < -0.4 is 9.47 Å². The Bertz CT molecular complexity index is 877. The van der Waals surface area contributed by atoms with E-state index in [1.165, 1.54) is 0 Å². The number of nitrogens with zero attached hydrogens (tertiary/aromatic N) is 1. The number of unbranched alkanes of at least 4 members (excludes halogenated alkanes) is 1. The first-order valence-electron chi connectivity index (χ1n) is 8.06. The monoisotopic (exact) mass is 317 g/mol. The van der Waals surface area contributed by atoms with Crippen molar-refractivity contribution in [2.45, 2.75) is 26.4 Å². The van der Waals surface area contributed by atoms with Crippen molar-refractivity contribution < 1.29 is 9.47 Å². The Kier molecular flexibility index (Phi) is 5.32. The van der Waals surface area contributed by atoms with Gasteiger partial charge in [0.25, 0.3) is 0 Å². The Morgan fingerprint density at radius 2 is 1.96 bits per heavy atom. The molecule has 0 fully saturated rings. The maximum absolute atomic E-state index is 5.88. The zero-order valence-electron chi connectivity index (χ0n) is 13.7. The predicted molar refractivity (Wildman–Crippen MR) is 95.8 cm³/mol. The standard InChI is InChI=1S/C21H19NO2/c1-2-3-4-13-23-19-9-5-7-17(14-19)16-24-20-10-11-21-18(15-20)8-6-12-22-21/h5-12,14-15H,2-3,16H2,1H3. The Labute approximate surface area is 142 Å². The van der Waals surface area contributed by atoms with Crippen LogP contribution >= 0.6 is 0 Å². The molecule has 2 aromatic carbocycles. The lowest BCUT2D eigenvalue weighted by atomic mass is 10.2. The number of hydrogen-bond donors (Lipinski definition) is 0. The van der Waals surface area contributed by atoms with Gasteiger partial charge >= 0.3 is 0 Å². The maximum atomic E-state index is 5.88. The minimum Gasteiger partial charge on any atom is -0.489 e. The molecule has 0 N–H and O–H groups in total. The summed E-state index contributed by atoms with van der Waals surface area (Å²) in [4.78, 5) is 4.31. The average molecular weight is 317 g/mol. The molecule has 3 nitrogen and oxygen atoms in total. The molecule has 120 valence electrons. The highest BCUT2D eigenvalue weighted by molar-refractivity contribution is 5.79. The molecule has 3 heteroatoms. The fourth-order valence-corrected chi connectivity index (χ4v) is 2.28. The second-order valence-corrected chi connectivity index (χ2v) is 5.42. The van der Waals surface area contributed by atoms with Gasteiger partial charge in [-0.05, 0) is 48.4 Å². The fraction of sp³-hybridized carbons (Fsp3) is 0.190. The van der Waals surface area contributed by atoms with Crippen LogP contribution in [0.25, 0.3) is 10.9 Å². The molecule has 0 saturated heterocycles. The van der Waals surface area contributed by atoms with Gasteiger partial charge in [-0.15, -0.1) is 0 Å². The molecular formula is C21H19NO2. The van der Waals surface area contributed by atoms with Crippen LogP contribution in [-0.2, 0) is 6.61 Å². The first-order chi connectivity index (χ1) is 11.8. The van der Waals surface area contributed by atoms with Crippen molar-refractivity contribution in [2.75, 3.05) is 0 Å². The highest BCUT2D eigenvalue weighted by atomic mass is 16.5. The molecule has 0 aliphatic carbocycles. The fourth-order valence-electron chi connectivity index (χ4n) is 2.28. The Morgan fingerprint density at radius 1 is 1.00 bits per heavy atom. The lowest BCUT2D eigenvalue weighted by Crippen LogP contribution is -1.96. The highest BCUT2D eigenvalue weighted by Gasteiger charge is 2.01. The van der Waals surface area contributed by atoms with Gasteiger partial charge in [-0.25, -0.2) is 0 Å². The van der Waals surface area contributed by atoms with E-state index in [0.717, 1.165) is 40.8 Å². The van der Waals surface area contributed by atoms with Crippen LogP contribution in [-0.4, -0.2) is 4.98 Å². The zero-order valence-corrected chi connectivity index (χ0v) is 13.7. The molecule has 3 rings (SSSR count). The quantitative estimate of drug-likeness (QED) is 0.624. The van der Waals surface area contributed by atoms with Crippen molar-refractivity contribution in [3.05, 3.63) is 66.4 Å². The lowest BCUT2D eigenvalue weighted by Gasteiger charge is -2.08. The van der Waals surface area contributed by atoms with Crippen LogP contribution in [0.2, 0.25) is 0 Å². The molecule has 0 atom stereocenters. The van der Waals surface area contributed by atoms with E-state index < -0.39 is 0 Å². The molecule has 0 saturated carbocycles. The number of aromatic nitrogens is 1. The van der Waals surface area contributed by atoms with Crippen molar-refractivity contribution in [2.24, 2.45) is 0 Å². The molecule has 24 heavy (non-hydrogen) atoms. The van der Waals surface area contributed by atoms with E-state index in [4.69, 9.17) is 9.47 Å². The van der Waals surface area contributed by atoms with Crippen LogP contribution in [0, 0.1) is 12.0 Å². The van der Waals surface area contributed by atoms with Gasteiger partial charge in [0.2, 0.25) is 0 Å². The van der Waals surface area contributed by atoms with Gasteiger partial charge in [-0.3, -0.25) is 4.98 Å². The SMILES string of the molecule is CCCC#COc1cccc(COc2ccc3ncccc3c2)c1. The Morgan fingerprint density at radius 3 is 2.88 bits per heavy atom. The van der Waals surface area contributed by atoms with Crippen LogP contribution in [0.1, 0.15) is 25.3 Å². The van der Waals surface area contributed by atoms with Gasteiger partial charge in [-0.2, -0.15) is 0 Å². The summed E-state index contributed by atoms with van der Waals surface area (Å²) >= 11 is 0. The van der Waals surface area contributed by atoms with E-state index in [0.29, 0.717) is 6.61 Å². The van der Waals surface area contributed by atoms with Gasteiger partial charge < -0.3 is 9.47 Å².